The van der Waals surface area contributed by atoms with Crippen LogP contribution in [0.25, 0.3) is 0 Å². The van der Waals surface area contributed by atoms with E-state index in [0.29, 0.717) is 12.2 Å². The lowest BCUT2D eigenvalue weighted by Crippen LogP contribution is -2.19. The highest BCUT2D eigenvalue weighted by Gasteiger charge is 2.19. The Kier molecular flexibility index (Phi) is 6.80. The lowest BCUT2D eigenvalue weighted by atomic mass is 9.98. The van der Waals surface area contributed by atoms with Gasteiger partial charge in [-0.1, -0.05) is 37.3 Å². The number of nitro benzene ring substituents is 1. The summed E-state index contributed by atoms with van der Waals surface area (Å²) in [4.78, 5) is 22.3. The quantitative estimate of drug-likeness (QED) is 0.556. The second kappa shape index (κ2) is 9.05. The zero-order chi connectivity index (χ0) is 18.2. The van der Waals surface area contributed by atoms with E-state index in [9.17, 15) is 20.0 Å². The van der Waals surface area contributed by atoms with Crippen molar-refractivity contribution in [1.82, 2.24) is 0 Å². The first-order valence-corrected chi connectivity index (χ1v) is 8.04. The second-order valence-corrected chi connectivity index (χ2v) is 5.94. The Balaban J connectivity index is 1.80. The minimum Gasteiger partial charge on any atom is -0.388 e. The van der Waals surface area contributed by atoms with Gasteiger partial charge >= 0.3 is 0 Å². The van der Waals surface area contributed by atoms with Gasteiger partial charge in [-0.05, 0) is 23.3 Å². The Labute approximate surface area is 146 Å². The summed E-state index contributed by atoms with van der Waals surface area (Å²) in [6.07, 6.45) is -1.03. The average molecular weight is 343 g/mol. The number of aliphatic hydroxyl groups excluding tert-OH is 1. The van der Waals surface area contributed by atoms with E-state index in [4.69, 9.17) is 4.74 Å². The maximum absolute atomic E-state index is 12.2. The summed E-state index contributed by atoms with van der Waals surface area (Å²) in [7, 11) is 0. The number of ether oxygens (including phenoxy) is 1. The number of rotatable bonds is 9. The van der Waals surface area contributed by atoms with Crippen LogP contribution >= 0.6 is 0 Å². The highest BCUT2D eigenvalue weighted by atomic mass is 16.6. The minimum absolute atomic E-state index is 0.0479. The van der Waals surface area contributed by atoms with Gasteiger partial charge in [0.1, 0.15) is 5.78 Å². The van der Waals surface area contributed by atoms with E-state index in [-0.39, 0.29) is 30.4 Å². The third-order valence-corrected chi connectivity index (χ3v) is 3.91. The van der Waals surface area contributed by atoms with Gasteiger partial charge in [0.25, 0.3) is 5.69 Å². The van der Waals surface area contributed by atoms with Gasteiger partial charge in [-0.2, -0.15) is 0 Å². The Morgan fingerprint density at radius 1 is 1.16 bits per heavy atom. The summed E-state index contributed by atoms with van der Waals surface area (Å²) in [5.74, 6) is -0.449. The molecule has 0 fully saturated rings. The van der Waals surface area contributed by atoms with Crippen LogP contribution in [0, 0.1) is 16.0 Å². The van der Waals surface area contributed by atoms with Crippen molar-refractivity contribution >= 4 is 11.5 Å². The van der Waals surface area contributed by atoms with Crippen molar-refractivity contribution in [2.24, 2.45) is 5.92 Å². The number of aliphatic hydroxyl groups is 1. The predicted octanol–water partition coefficient (Wildman–Crippen LogP) is 3.44. The van der Waals surface area contributed by atoms with Crippen LogP contribution in [0.1, 0.15) is 30.6 Å². The van der Waals surface area contributed by atoms with Crippen molar-refractivity contribution < 1.29 is 19.6 Å². The number of Topliss-reactive ketones (excluding diaryl/α,β-unsaturated/α-hetero) is 1. The lowest BCUT2D eigenvalue weighted by Gasteiger charge is -2.15. The molecule has 25 heavy (non-hydrogen) atoms. The predicted molar refractivity (Wildman–Crippen MR) is 92.9 cm³/mol. The smallest absolute Gasteiger partial charge is 0.269 e. The Morgan fingerprint density at radius 2 is 1.80 bits per heavy atom. The Bertz CT molecular complexity index is 700. The van der Waals surface area contributed by atoms with E-state index in [0.717, 1.165) is 5.56 Å². The first-order chi connectivity index (χ1) is 12.0. The monoisotopic (exact) mass is 343 g/mol. The summed E-state index contributed by atoms with van der Waals surface area (Å²) < 4.78 is 5.55. The summed E-state index contributed by atoms with van der Waals surface area (Å²) in [6.45, 7) is 2.47. The van der Waals surface area contributed by atoms with Gasteiger partial charge in [0.05, 0.1) is 24.2 Å². The molecule has 0 heterocycles. The number of carbonyl (C=O) groups excluding carboxylic acids is 1. The molecule has 2 aromatic carbocycles. The number of nitro groups is 1. The van der Waals surface area contributed by atoms with Crippen LogP contribution in [0.4, 0.5) is 5.69 Å². The van der Waals surface area contributed by atoms with E-state index in [1.807, 2.05) is 30.3 Å². The Morgan fingerprint density at radius 3 is 2.40 bits per heavy atom. The maximum atomic E-state index is 12.2. The molecule has 0 aliphatic carbocycles. The number of ketones is 1. The topological polar surface area (TPSA) is 89.7 Å². The molecule has 2 atom stereocenters. The van der Waals surface area contributed by atoms with Gasteiger partial charge in [-0.15, -0.1) is 0 Å². The number of non-ortho nitro benzene ring substituents is 1. The number of carbonyl (C=O) groups is 1. The standard InChI is InChI=1S/C19H21NO5/c1-14(12-25-13-15-5-3-2-4-6-15)18(21)11-19(22)16-7-9-17(10-8-16)20(23)24/h2-10,14,19,22H,11-13H2,1H3/t14-,19+/m0/s1. The van der Waals surface area contributed by atoms with Gasteiger partial charge in [0.15, 0.2) is 0 Å². The average Bonchev–Trinajstić information content (AvgIpc) is 2.62. The third-order valence-electron chi connectivity index (χ3n) is 3.91. The van der Waals surface area contributed by atoms with E-state index in [1.54, 1.807) is 6.92 Å². The molecule has 132 valence electrons. The summed E-state index contributed by atoms with van der Waals surface area (Å²) in [5.41, 5.74) is 1.47. The number of nitrogens with zero attached hydrogens (tertiary/aromatic N) is 1. The van der Waals surface area contributed by atoms with Crippen molar-refractivity contribution in [2.45, 2.75) is 26.1 Å². The van der Waals surface area contributed by atoms with Gasteiger partial charge in [0.2, 0.25) is 0 Å². The van der Waals surface area contributed by atoms with E-state index in [2.05, 4.69) is 0 Å². The van der Waals surface area contributed by atoms with Crippen LogP contribution in [0.2, 0.25) is 0 Å². The molecular weight excluding hydrogens is 322 g/mol. The highest BCUT2D eigenvalue weighted by Crippen LogP contribution is 2.22. The molecule has 0 bridgehead atoms. The van der Waals surface area contributed by atoms with Crippen molar-refractivity contribution in [3.63, 3.8) is 0 Å². The molecule has 1 N–H and O–H groups in total. The van der Waals surface area contributed by atoms with Crippen molar-refractivity contribution in [2.75, 3.05) is 6.61 Å². The molecule has 0 aliphatic rings. The van der Waals surface area contributed by atoms with Crippen molar-refractivity contribution in [1.29, 1.82) is 0 Å². The summed E-state index contributed by atoms with van der Waals surface area (Å²) in [5, 5.41) is 20.8. The fourth-order valence-corrected chi connectivity index (χ4v) is 2.35. The first kappa shape index (κ1) is 18.8. The molecule has 0 radical (unpaired) electrons. The molecule has 6 nitrogen and oxygen atoms in total. The first-order valence-electron chi connectivity index (χ1n) is 8.04. The molecule has 2 aromatic rings. The van der Waals surface area contributed by atoms with Crippen LogP contribution in [-0.2, 0) is 16.1 Å². The molecule has 2 rings (SSSR count). The van der Waals surface area contributed by atoms with E-state index < -0.39 is 11.0 Å². The lowest BCUT2D eigenvalue weighted by molar-refractivity contribution is -0.384. The van der Waals surface area contributed by atoms with Crippen LogP contribution in [0.15, 0.2) is 54.6 Å². The van der Waals surface area contributed by atoms with Crippen molar-refractivity contribution in [3.05, 3.63) is 75.8 Å². The minimum atomic E-state index is -0.982. The highest BCUT2D eigenvalue weighted by molar-refractivity contribution is 5.81. The maximum Gasteiger partial charge on any atom is 0.269 e. The molecular formula is C19H21NO5. The molecule has 0 spiro atoms. The SMILES string of the molecule is C[C@@H](COCc1ccccc1)C(=O)C[C@@H](O)c1ccc([N+](=O)[O-])cc1. The molecule has 0 aliphatic heterocycles. The molecule has 0 aromatic heterocycles. The zero-order valence-electron chi connectivity index (χ0n) is 14.0. The third kappa shape index (κ3) is 5.77. The molecule has 0 unspecified atom stereocenters. The largest absolute Gasteiger partial charge is 0.388 e. The molecule has 0 saturated heterocycles. The van der Waals surface area contributed by atoms with Crippen LogP contribution in [-0.4, -0.2) is 22.4 Å². The van der Waals surface area contributed by atoms with Gasteiger partial charge in [-0.3, -0.25) is 14.9 Å². The van der Waals surface area contributed by atoms with E-state index >= 15 is 0 Å². The van der Waals surface area contributed by atoms with Crippen molar-refractivity contribution in [3.8, 4) is 0 Å². The van der Waals surface area contributed by atoms with Gasteiger partial charge in [0, 0.05) is 24.5 Å². The van der Waals surface area contributed by atoms with E-state index in [1.165, 1.54) is 24.3 Å². The zero-order valence-corrected chi connectivity index (χ0v) is 14.0. The number of benzene rings is 2. The van der Waals surface area contributed by atoms with Gasteiger partial charge in [-0.25, -0.2) is 0 Å². The van der Waals surface area contributed by atoms with Crippen LogP contribution < -0.4 is 0 Å². The summed E-state index contributed by atoms with van der Waals surface area (Å²) >= 11 is 0. The molecule has 0 saturated carbocycles. The van der Waals surface area contributed by atoms with Crippen LogP contribution in [0.5, 0.6) is 0 Å². The molecule has 6 heteroatoms. The summed E-state index contributed by atoms with van der Waals surface area (Å²) in [6, 6.07) is 15.2. The second-order valence-electron chi connectivity index (χ2n) is 5.94. The fraction of sp³-hybridized carbons (Fsp3) is 0.316. The van der Waals surface area contributed by atoms with Crippen LogP contribution in [0.3, 0.4) is 0 Å². The molecule has 0 amide bonds. The number of hydrogen-bond donors (Lipinski definition) is 1. The van der Waals surface area contributed by atoms with Gasteiger partial charge < -0.3 is 9.84 Å². The Hall–Kier alpha value is -2.57. The number of hydrogen-bond acceptors (Lipinski definition) is 5. The normalized spacial score (nSPS) is 13.2. The fourth-order valence-electron chi connectivity index (χ4n) is 2.35.